The molecule has 2 aliphatic heterocycles. The van der Waals surface area contributed by atoms with E-state index in [1.165, 1.54) is 0 Å². The first-order chi connectivity index (χ1) is 14.7. The fraction of sp³-hybridized carbons (Fsp3) is 0.381. The summed E-state index contributed by atoms with van der Waals surface area (Å²) in [4.78, 5) is 13.8. The maximum Gasteiger partial charge on any atom is 0.283 e. The predicted molar refractivity (Wildman–Crippen MR) is 108 cm³/mol. The fourth-order valence-corrected chi connectivity index (χ4v) is 4.90. The van der Waals surface area contributed by atoms with Crippen molar-refractivity contribution in [3.8, 4) is 16.9 Å². The highest BCUT2D eigenvalue weighted by atomic mass is 32.2. The molecule has 2 bridgehead atoms. The summed E-state index contributed by atoms with van der Waals surface area (Å²) in [5.74, 6) is -3.56. The van der Waals surface area contributed by atoms with Gasteiger partial charge in [-0.3, -0.25) is 4.79 Å². The average molecular weight is 454 g/mol. The molecule has 166 valence electrons. The van der Waals surface area contributed by atoms with Gasteiger partial charge in [0.05, 0.1) is 25.6 Å². The third-order valence-electron chi connectivity index (χ3n) is 5.54. The normalized spacial score (nSPS) is 23.2. The summed E-state index contributed by atoms with van der Waals surface area (Å²) >= 11 is 0. The molecule has 10 heteroatoms. The first-order valence-corrected chi connectivity index (χ1v) is 11.4. The Balaban J connectivity index is 1.77. The molecule has 2 aromatic carbocycles. The first kappa shape index (κ1) is 21.6. The van der Waals surface area contributed by atoms with Gasteiger partial charge in [0.15, 0.2) is 0 Å². The van der Waals surface area contributed by atoms with Gasteiger partial charge in [-0.1, -0.05) is 42.5 Å². The van der Waals surface area contributed by atoms with E-state index in [0.717, 1.165) is 16.0 Å². The van der Waals surface area contributed by atoms with Crippen LogP contribution in [0.25, 0.3) is 11.1 Å². The number of fused-ring (bicyclic) bond motifs is 5. The Morgan fingerprint density at radius 1 is 1.16 bits per heavy atom. The zero-order chi connectivity index (χ0) is 22.2. The Morgan fingerprint density at radius 2 is 1.94 bits per heavy atom. The van der Waals surface area contributed by atoms with E-state index in [-0.39, 0.29) is 19.4 Å². The topological polar surface area (TPSA) is 75.7 Å². The highest BCUT2D eigenvalue weighted by Crippen LogP contribution is 2.37. The van der Waals surface area contributed by atoms with Crippen molar-refractivity contribution in [2.24, 2.45) is 0 Å². The number of rotatable bonds is 3. The van der Waals surface area contributed by atoms with Gasteiger partial charge in [-0.05, 0) is 23.6 Å². The highest BCUT2D eigenvalue weighted by Gasteiger charge is 2.56. The van der Waals surface area contributed by atoms with Gasteiger partial charge in [0.25, 0.3) is 5.92 Å². The summed E-state index contributed by atoms with van der Waals surface area (Å²) in [6.07, 6.45) is -0.172. The van der Waals surface area contributed by atoms with E-state index in [2.05, 4.69) is 0 Å². The van der Waals surface area contributed by atoms with Gasteiger partial charge in [-0.15, -0.1) is 0 Å². The number of ether oxygens (including phenoxy) is 1. The number of carbonyl (C=O) groups excluding carboxylic acids is 1. The molecule has 1 amide bonds. The van der Waals surface area contributed by atoms with E-state index in [0.29, 0.717) is 11.3 Å². The van der Waals surface area contributed by atoms with Crippen LogP contribution in [0.4, 0.5) is 13.2 Å². The molecule has 1 N–H and O–H groups in total. The smallest absolute Gasteiger partial charge is 0.283 e. The molecule has 2 unspecified atom stereocenters. The summed E-state index contributed by atoms with van der Waals surface area (Å²) < 4.78 is 73.5. The Bertz CT molecular complexity index is 1090. The van der Waals surface area contributed by atoms with Crippen LogP contribution < -0.4 is 9.46 Å². The monoisotopic (exact) mass is 454 g/mol. The maximum absolute atomic E-state index is 14.8. The number of sulfonamides is 1. The van der Waals surface area contributed by atoms with Crippen molar-refractivity contribution < 1.29 is 31.1 Å². The summed E-state index contributed by atoms with van der Waals surface area (Å²) in [6, 6.07) is 9.47. The molecule has 0 aliphatic carbocycles. The number of hydrogen-bond donors (Lipinski definition) is 1. The van der Waals surface area contributed by atoms with Crippen LogP contribution in [0, 0.1) is 0 Å². The molecular weight excluding hydrogens is 433 g/mol. The summed E-state index contributed by atoms with van der Waals surface area (Å²) in [5, 5.41) is 0. The van der Waals surface area contributed by atoms with Crippen LogP contribution in [-0.4, -0.2) is 56.4 Å². The second-order valence-corrected chi connectivity index (χ2v) is 9.35. The van der Waals surface area contributed by atoms with Crippen molar-refractivity contribution in [3.63, 3.8) is 0 Å². The van der Waals surface area contributed by atoms with Gasteiger partial charge in [0.2, 0.25) is 21.9 Å². The fourth-order valence-electron chi connectivity index (χ4n) is 4.13. The second kappa shape index (κ2) is 8.16. The average Bonchev–Trinajstić information content (AvgIpc) is 2.98. The number of carbonyl (C=O) groups is 1. The molecule has 2 atom stereocenters. The second-order valence-electron chi connectivity index (χ2n) is 7.67. The van der Waals surface area contributed by atoms with Crippen LogP contribution in [-0.2, 0) is 21.2 Å². The van der Waals surface area contributed by atoms with E-state index in [1.807, 2.05) is 18.2 Å². The summed E-state index contributed by atoms with van der Waals surface area (Å²) in [6.45, 7) is -0.975. The maximum atomic E-state index is 14.8. The molecule has 0 aromatic heterocycles. The lowest BCUT2D eigenvalue weighted by Gasteiger charge is -2.29. The lowest BCUT2D eigenvalue weighted by Crippen LogP contribution is -2.52. The summed E-state index contributed by atoms with van der Waals surface area (Å²) in [5.41, 5.74) is 2.23. The van der Waals surface area contributed by atoms with Gasteiger partial charge in [-0.2, -0.15) is 0 Å². The summed E-state index contributed by atoms with van der Waals surface area (Å²) in [7, 11) is -4.56. The van der Waals surface area contributed by atoms with Gasteiger partial charge < -0.3 is 9.64 Å². The molecule has 6 nitrogen and oxygen atoms in total. The number of hydrogen-bond acceptors (Lipinski definition) is 4. The number of para-hydroxylation sites is 1. The Kier molecular flexibility index (Phi) is 5.69. The molecule has 1 fully saturated rings. The van der Waals surface area contributed by atoms with Crippen LogP contribution in [0.5, 0.6) is 5.75 Å². The van der Waals surface area contributed by atoms with Gasteiger partial charge >= 0.3 is 0 Å². The van der Waals surface area contributed by atoms with Gasteiger partial charge in [0, 0.05) is 5.56 Å². The molecule has 31 heavy (non-hydrogen) atoms. The Labute approximate surface area is 178 Å². The lowest BCUT2D eigenvalue weighted by molar-refractivity contribution is -0.133. The Hall–Kier alpha value is -2.59. The molecule has 2 aliphatic rings. The zero-order valence-corrected chi connectivity index (χ0v) is 17.2. The molecular formula is C21H21F3N2O4S. The highest BCUT2D eigenvalue weighted by molar-refractivity contribution is 7.89. The molecule has 4 rings (SSSR count). The van der Waals surface area contributed by atoms with Gasteiger partial charge in [0.1, 0.15) is 11.8 Å². The molecule has 2 aromatic rings. The van der Waals surface area contributed by atoms with Crippen LogP contribution in [0.2, 0.25) is 0 Å². The van der Waals surface area contributed by atoms with Crippen molar-refractivity contribution in [1.82, 2.24) is 9.62 Å². The molecule has 1 saturated heterocycles. The van der Waals surface area contributed by atoms with E-state index < -0.39 is 46.5 Å². The number of nitrogens with one attached hydrogen (secondary N) is 1. The third kappa shape index (κ3) is 4.40. The largest absolute Gasteiger partial charge is 0.492 e. The number of amides is 1. The number of halogens is 3. The quantitative estimate of drug-likeness (QED) is 0.774. The predicted octanol–water partition coefficient (Wildman–Crippen LogP) is 2.74. The van der Waals surface area contributed by atoms with Crippen molar-refractivity contribution in [1.29, 1.82) is 0 Å². The van der Waals surface area contributed by atoms with E-state index in [1.54, 1.807) is 35.1 Å². The van der Waals surface area contributed by atoms with Gasteiger partial charge in [-0.25, -0.2) is 26.3 Å². The van der Waals surface area contributed by atoms with E-state index in [9.17, 15) is 26.4 Å². The van der Waals surface area contributed by atoms with Crippen LogP contribution >= 0.6 is 0 Å². The Morgan fingerprint density at radius 3 is 2.71 bits per heavy atom. The molecule has 2 heterocycles. The van der Waals surface area contributed by atoms with Crippen molar-refractivity contribution in [2.45, 2.75) is 30.8 Å². The SMILES string of the molecule is O=C1CCOc2ccccc2-c2cccc(c2)CC2C(NS(=O)(=O)CF)C(F)(F)CN12. The van der Waals surface area contributed by atoms with Crippen molar-refractivity contribution in [2.75, 3.05) is 19.2 Å². The number of alkyl halides is 3. The first-order valence-electron chi connectivity index (χ1n) is 9.74. The minimum Gasteiger partial charge on any atom is -0.492 e. The molecule has 0 saturated carbocycles. The van der Waals surface area contributed by atoms with Crippen molar-refractivity contribution in [3.05, 3.63) is 54.1 Å². The lowest BCUT2D eigenvalue weighted by atomic mass is 9.95. The third-order valence-corrected chi connectivity index (χ3v) is 6.44. The van der Waals surface area contributed by atoms with Crippen molar-refractivity contribution >= 4 is 15.9 Å². The van der Waals surface area contributed by atoms with Crippen LogP contribution in [0.1, 0.15) is 12.0 Å². The zero-order valence-electron chi connectivity index (χ0n) is 16.4. The van der Waals surface area contributed by atoms with E-state index >= 15 is 0 Å². The standard InChI is InChI=1S/C21H21F3N2O4S/c22-13-31(28,29)25-20-17-11-14-4-3-5-15(10-14)16-6-1-2-7-18(16)30-9-8-19(27)26(17)12-21(20,23)24/h1-7,10,17,20,25H,8-9,11-13H2. The van der Waals surface area contributed by atoms with Crippen LogP contribution in [0.3, 0.4) is 0 Å². The minimum absolute atomic E-state index is 0.0162. The molecule has 0 spiro atoms. The minimum atomic E-state index is -4.56. The number of benzene rings is 2. The van der Waals surface area contributed by atoms with E-state index in [4.69, 9.17) is 4.74 Å². The number of nitrogens with zero attached hydrogens (tertiary/aromatic N) is 1. The van der Waals surface area contributed by atoms with Crippen LogP contribution in [0.15, 0.2) is 48.5 Å². The molecule has 0 radical (unpaired) electrons.